The lowest BCUT2D eigenvalue weighted by molar-refractivity contribution is -0.192. The van der Waals surface area contributed by atoms with Crippen molar-refractivity contribution in [2.24, 2.45) is 5.73 Å². The zero-order valence-electron chi connectivity index (χ0n) is 19.1. The first-order valence-electron chi connectivity index (χ1n) is 10.5. The van der Waals surface area contributed by atoms with Gasteiger partial charge in [0.2, 0.25) is 5.91 Å². The van der Waals surface area contributed by atoms with Gasteiger partial charge in [0, 0.05) is 24.3 Å². The number of amidine groups is 1. The van der Waals surface area contributed by atoms with Crippen LogP contribution in [0.1, 0.15) is 17.5 Å². The van der Waals surface area contributed by atoms with Crippen LogP contribution < -0.4 is 16.2 Å². The van der Waals surface area contributed by atoms with Crippen LogP contribution in [0.15, 0.2) is 40.6 Å². The molecule has 3 aromatic rings. The number of nitrogens with two attached hydrogens (primary N) is 2. The number of halogens is 4. The van der Waals surface area contributed by atoms with Gasteiger partial charge in [0.05, 0.1) is 10.2 Å². The highest BCUT2D eigenvalue weighted by Crippen LogP contribution is 2.30. The van der Waals surface area contributed by atoms with Crippen LogP contribution in [0, 0.1) is 5.41 Å². The third-order valence-electron chi connectivity index (χ3n) is 5.23. The maximum Gasteiger partial charge on any atom is 0.490 e. The van der Waals surface area contributed by atoms with Gasteiger partial charge < -0.3 is 21.5 Å². The van der Waals surface area contributed by atoms with Crippen LogP contribution in [0.25, 0.3) is 10.2 Å². The molecule has 1 unspecified atom stereocenters. The van der Waals surface area contributed by atoms with Crippen molar-refractivity contribution in [1.29, 1.82) is 5.41 Å². The second-order valence-electron chi connectivity index (χ2n) is 7.94. The monoisotopic (exact) mass is 592 g/mol. The van der Waals surface area contributed by atoms with Crippen molar-refractivity contribution in [3.63, 3.8) is 0 Å². The van der Waals surface area contributed by atoms with Gasteiger partial charge in [0.25, 0.3) is 10.0 Å². The number of fused-ring (bicyclic) bond motifs is 1. The third-order valence-corrected chi connectivity index (χ3v) is 8.48. The molecule has 1 fully saturated rings. The number of likely N-dealkylation sites (tertiary alicyclic amines) is 1. The Morgan fingerprint density at radius 2 is 1.95 bits per heavy atom. The summed E-state index contributed by atoms with van der Waals surface area (Å²) in [6.45, 7) is 0.578. The number of carboxylic acids is 1. The molecular formula is C21H20ClF3N6O5S2. The van der Waals surface area contributed by atoms with Crippen molar-refractivity contribution in [2.75, 3.05) is 12.3 Å². The summed E-state index contributed by atoms with van der Waals surface area (Å²) in [5.41, 5.74) is 13.6. The summed E-state index contributed by atoms with van der Waals surface area (Å²) >= 11 is 6.93. The van der Waals surface area contributed by atoms with Gasteiger partial charge in [-0.15, -0.1) is 11.3 Å². The van der Waals surface area contributed by atoms with Crippen LogP contribution in [0.2, 0.25) is 5.15 Å². The first-order valence-corrected chi connectivity index (χ1v) is 13.2. The highest BCUT2D eigenvalue weighted by Gasteiger charge is 2.38. The number of carbonyl (C=O) groups excluding carboxylic acids is 1. The van der Waals surface area contributed by atoms with Gasteiger partial charge in [0.15, 0.2) is 0 Å². The van der Waals surface area contributed by atoms with E-state index < -0.39 is 28.2 Å². The van der Waals surface area contributed by atoms with E-state index in [-0.39, 0.29) is 27.6 Å². The topological polar surface area (TPSA) is 193 Å². The molecule has 11 nitrogen and oxygen atoms in total. The molecule has 1 aliphatic heterocycles. The molecule has 0 aliphatic carbocycles. The molecule has 204 valence electrons. The number of nitrogens with zero attached hydrogens (tertiary/aromatic N) is 2. The molecular weight excluding hydrogens is 573 g/mol. The number of pyridine rings is 1. The number of thiophene rings is 1. The molecule has 3 heterocycles. The fourth-order valence-corrected chi connectivity index (χ4v) is 6.09. The van der Waals surface area contributed by atoms with Gasteiger partial charge >= 0.3 is 12.1 Å². The summed E-state index contributed by atoms with van der Waals surface area (Å²) in [4.78, 5) is 27.4. The van der Waals surface area contributed by atoms with Crippen molar-refractivity contribution in [2.45, 2.75) is 29.4 Å². The Labute approximate surface area is 222 Å². The number of nitrogen functional groups attached to an aromatic ring is 2. The van der Waals surface area contributed by atoms with Crippen LogP contribution in [0.4, 0.5) is 18.9 Å². The molecule has 0 saturated carbocycles. The fourth-order valence-electron chi connectivity index (χ4n) is 3.38. The van der Waals surface area contributed by atoms with E-state index in [9.17, 15) is 26.4 Å². The van der Waals surface area contributed by atoms with Gasteiger partial charge in [-0.2, -0.15) is 17.9 Å². The smallest absolute Gasteiger partial charge is 0.475 e. The number of anilines is 1. The minimum Gasteiger partial charge on any atom is -0.475 e. The Morgan fingerprint density at radius 1 is 1.29 bits per heavy atom. The Bertz CT molecular complexity index is 1510. The number of carbonyl (C=O) groups is 2. The molecule has 4 rings (SSSR count). The standard InChI is InChI=1S/C19H19ClN6O3S2.C2HF3O2/c20-16-4-3-15-14(24-16)8-17(30-15)31(28,29)25-13-5-6-26(19(13)27)9-11-7-10(18(22)23)1-2-12(11)21;3-2(4,5)1(6)7/h1-4,7-8,13,25H,5-6,9,21H2,(H3,22,23);(H,6,7). The van der Waals surface area contributed by atoms with Crippen molar-refractivity contribution >= 4 is 66.6 Å². The summed E-state index contributed by atoms with van der Waals surface area (Å²) < 4.78 is 60.7. The van der Waals surface area contributed by atoms with Gasteiger partial charge in [0.1, 0.15) is 21.2 Å². The largest absolute Gasteiger partial charge is 0.490 e. The van der Waals surface area contributed by atoms with Crippen molar-refractivity contribution in [3.8, 4) is 0 Å². The van der Waals surface area contributed by atoms with E-state index in [1.807, 2.05) is 0 Å². The summed E-state index contributed by atoms with van der Waals surface area (Å²) in [6.07, 6.45) is -4.75. The predicted molar refractivity (Wildman–Crippen MR) is 134 cm³/mol. The van der Waals surface area contributed by atoms with E-state index in [0.29, 0.717) is 40.0 Å². The van der Waals surface area contributed by atoms with Crippen LogP contribution >= 0.6 is 22.9 Å². The summed E-state index contributed by atoms with van der Waals surface area (Å²) in [5, 5.41) is 15.0. The number of aliphatic carboxylic acids is 1. The van der Waals surface area contributed by atoms with Gasteiger partial charge in [-0.1, -0.05) is 11.6 Å². The zero-order chi connectivity index (χ0) is 28.4. The molecule has 7 N–H and O–H groups in total. The molecule has 0 radical (unpaired) electrons. The van der Waals surface area contributed by atoms with E-state index in [2.05, 4.69) is 9.71 Å². The molecule has 0 spiro atoms. The maximum absolute atomic E-state index is 12.8. The number of benzene rings is 1. The van der Waals surface area contributed by atoms with Crippen molar-refractivity contribution in [3.05, 3.63) is 52.7 Å². The average molecular weight is 593 g/mol. The lowest BCUT2D eigenvalue weighted by atomic mass is 10.1. The molecule has 1 aromatic carbocycles. The van der Waals surface area contributed by atoms with E-state index in [4.69, 9.17) is 38.4 Å². The third kappa shape index (κ3) is 6.89. The zero-order valence-corrected chi connectivity index (χ0v) is 21.5. The Balaban J connectivity index is 0.000000505. The van der Waals surface area contributed by atoms with Crippen LogP contribution in [0.3, 0.4) is 0 Å². The summed E-state index contributed by atoms with van der Waals surface area (Å²) in [5.74, 6) is -3.19. The lowest BCUT2D eigenvalue weighted by Crippen LogP contribution is -2.41. The van der Waals surface area contributed by atoms with Gasteiger partial charge in [-0.3, -0.25) is 10.2 Å². The highest BCUT2D eigenvalue weighted by atomic mass is 35.5. The number of nitrogens with one attached hydrogen (secondary N) is 2. The molecule has 38 heavy (non-hydrogen) atoms. The SMILES string of the molecule is N=C(N)c1ccc(N)c(CN2CCC(NS(=O)(=O)c3cc4nc(Cl)ccc4s3)C2=O)c1.O=C(O)C(F)(F)F. The number of hydrogen-bond donors (Lipinski definition) is 5. The summed E-state index contributed by atoms with van der Waals surface area (Å²) in [7, 11) is -3.91. The van der Waals surface area contributed by atoms with Gasteiger partial charge in [-0.05, 0) is 48.4 Å². The van der Waals surface area contributed by atoms with Crippen LogP contribution in [-0.4, -0.2) is 59.9 Å². The molecule has 1 amide bonds. The number of aromatic nitrogens is 1. The van der Waals surface area contributed by atoms with Crippen molar-refractivity contribution in [1.82, 2.24) is 14.6 Å². The maximum atomic E-state index is 12.8. The first kappa shape index (κ1) is 29.1. The Hall–Kier alpha value is -3.47. The molecule has 1 saturated heterocycles. The molecule has 1 aliphatic rings. The molecule has 1 atom stereocenters. The summed E-state index contributed by atoms with van der Waals surface area (Å²) in [6, 6.07) is 8.80. The second kappa shape index (κ2) is 11.1. The van der Waals surface area contributed by atoms with E-state index in [1.54, 1.807) is 30.3 Å². The number of rotatable bonds is 6. The fraction of sp³-hybridized carbons (Fsp3) is 0.238. The van der Waals surface area contributed by atoms with Crippen LogP contribution in [0.5, 0.6) is 0 Å². The lowest BCUT2D eigenvalue weighted by Gasteiger charge is -2.19. The Kier molecular flexibility index (Phi) is 8.50. The van der Waals surface area contributed by atoms with Crippen molar-refractivity contribution < 1.29 is 36.3 Å². The van der Waals surface area contributed by atoms with E-state index in [1.165, 1.54) is 11.0 Å². The highest BCUT2D eigenvalue weighted by molar-refractivity contribution is 7.91. The number of carboxylic acid groups (broad SMARTS) is 1. The van der Waals surface area contributed by atoms with Crippen LogP contribution in [-0.2, 0) is 26.2 Å². The minimum atomic E-state index is -5.08. The molecule has 2 aromatic heterocycles. The predicted octanol–water partition coefficient (Wildman–Crippen LogP) is 2.53. The second-order valence-corrected chi connectivity index (χ2v) is 11.3. The Morgan fingerprint density at radius 3 is 2.55 bits per heavy atom. The average Bonchev–Trinajstić information content (AvgIpc) is 3.39. The van der Waals surface area contributed by atoms with E-state index >= 15 is 0 Å². The number of alkyl halides is 3. The first-order chi connectivity index (χ1) is 17.6. The molecule has 17 heteroatoms. The minimum absolute atomic E-state index is 0.0712. The molecule has 0 bridgehead atoms. The van der Waals surface area contributed by atoms with Gasteiger partial charge in [-0.25, -0.2) is 18.2 Å². The normalized spacial score (nSPS) is 15.8. The number of amides is 1. The number of sulfonamides is 1. The number of hydrogen-bond acceptors (Lipinski definition) is 8. The quantitative estimate of drug-likeness (QED) is 0.125. The van der Waals surface area contributed by atoms with E-state index in [0.717, 1.165) is 11.3 Å².